The number of rotatable bonds is 8. The lowest BCUT2D eigenvalue weighted by Gasteiger charge is -2.11. The molecule has 0 fully saturated rings. The number of nitrogens with zero attached hydrogens (tertiary/aromatic N) is 1. The topological polar surface area (TPSA) is 90.7 Å². The summed E-state index contributed by atoms with van der Waals surface area (Å²) in [5, 5.41) is 13.6. The predicted octanol–water partition coefficient (Wildman–Crippen LogP) is 4.28. The Morgan fingerprint density at radius 3 is 2.65 bits per heavy atom. The summed E-state index contributed by atoms with van der Waals surface area (Å²) in [4.78, 5) is 22.9. The standard InChI is InChI=1S/C19H22N2O5/c1-13(2)9-10-26-16-6-4-5-14(11-16)19(22)20-17-12-15(21(23)24)7-8-18(17)25-3/h4-8,11-13H,9-10H2,1-3H3,(H,20,22). The second-order valence-electron chi connectivity index (χ2n) is 6.15. The molecule has 0 atom stereocenters. The average molecular weight is 358 g/mol. The zero-order chi connectivity index (χ0) is 19.1. The van der Waals surface area contributed by atoms with Gasteiger partial charge < -0.3 is 14.8 Å². The van der Waals surface area contributed by atoms with Crippen molar-refractivity contribution >= 4 is 17.3 Å². The normalized spacial score (nSPS) is 10.5. The van der Waals surface area contributed by atoms with Crippen molar-refractivity contribution < 1.29 is 19.2 Å². The van der Waals surface area contributed by atoms with Crippen LogP contribution >= 0.6 is 0 Å². The van der Waals surface area contributed by atoms with Crippen LogP contribution in [0.25, 0.3) is 0 Å². The van der Waals surface area contributed by atoms with E-state index in [0.717, 1.165) is 6.42 Å². The molecule has 0 saturated carbocycles. The molecule has 0 radical (unpaired) electrons. The van der Waals surface area contributed by atoms with Crippen LogP contribution in [-0.2, 0) is 0 Å². The molecule has 2 rings (SSSR count). The van der Waals surface area contributed by atoms with Crippen LogP contribution in [0.2, 0.25) is 0 Å². The highest BCUT2D eigenvalue weighted by Gasteiger charge is 2.15. The summed E-state index contributed by atoms with van der Waals surface area (Å²) in [6.45, 7) is 4.79. The Hall–Kier alpha value is -3.09. The van der Waals surface area contributed by atoms with Crippen molar-refractivity contribution in [2.75, 3.05) is 19.0 Å². The van der Waals surface area contributed by atoms with Gasteiger partial charge in [-0.2, -0.15) is 0 Å². The quantitative estimate of drug-likeness (QED) is 0.562. The van der Waals surface area contributed by atoms with Crippen LogP contribution in [0.15, 0.2) is 42.5 Å². The van der Waals surface area contributed by atoms with E-state index in [0.29, 0.717) is 29.6 Å². The van der Waals surface area contributed by atoms with Gasteiger partial charge in [-0.25, -0.2) is 0 Å². The third kappa shape index (κ3) is 5.20. The fourth-order valence-corrected chi connectivity index (χ4v) is 2.24. The number of methoxy groups -OCH3 is 1. The third-order valence-electron chi connectivity index (χ3n) is 3.70. The Kier molecular flexibility index (Phi) is 6.54. The van der Waals surface area contributed by atoms with Crippen LogP contribution in [0.3, 0.4) is 0 Å². The summed E-state index contributed by atoms with van der Waals surface area (Å²) >= 11 is 0. The molecule has 1 amide bonds. The van der Waals surface area contributed by atoms with Gasteiger partial charge in [-0.1, -0.05) is 19.9 Å². The molecule has 7 nitrogen and oxygen atoms in total. The maximum atomic E-state index is 12.5. The second kappa shape index (κ2) is 8.84. The molecule has 0 unspecified atom stereocenters. The summed E-state index contributed by atoms with van der Waals surface area (Å²) in [5.41, 5.74) is 0.491. The number of ether oxygens (including phenoxy) is 2. The van der Waals surface area contributed by atoms with Gasteiger partial charge in [-0.3, -0.25) is 14.9 Å². The Bertz CT molecular complexity index is 789. The number of nitro groups is 1. The largest absolute Gasteiger partial charge is 0.495 e. The van der Waals surface area contributed by atoms with E-state index in [1.807, 2.05) is 0 Å². The molecule has 2 aromatic rings. The molecule has 0 spiro atoms. The SMILES string of the molecule is COc1ccc([N+](=O)[O-])cc1NC(=O)c1cccc(OCCC(C)C)c1. The van der Waals surface area contributed by atoms with E-state index >= 15 is 0 Å². The number of carbonyl (C=O) groups is 1. The Labute approximate surface area is 152 Å². The van der Waals surface area contributed by atoms with E-state index in [1.54, 1.807) is 24.3 Å². The Balaban J connectivity index is 2.14. The lowest BCUT2D eigenvalue weighted by atomic mass is 10.1. The van der Waals surface area contributed by atoms with Crippen LogP contribution in [0.5, 0.6) is 11.5 Å². The number of nitro benzene ring substituents is 1. The van der Waals surface area contributed by atoms with Crippen molar-refractivity contribution in [1.29, 1.82) is 0 Å². The van der Waals surface area contributed by atoms with Crippen molar-refractivity contribution in [2.24, 2.45) is 5.92 Å². The molecule has 0 saturated heterocycles. The molecule has 26 heavy (non-hydrogen) atoms. The van der Waals surface area contributed by atoms with E-state index in [1.165, 1.54) is 25.3 Å². The third-order valence-corrected chi connectivity index (χ3v) is 3.70. The second-order valence-corrected chi connectivity index (χ2v) is 6.15. The number of benzene rings is 2. The van der Waals surface area contributed by atoms with Gasteiger partial charge in [0.1, 0.15) is 11.5 Å². The smallest absolute Gasteiger partial charge is 0.271 e. The summed E-state index contributed by atoms with van der Waals surface area (Å²) in [6.07, 6.45) is 0.918. The summed E-state index contributed by atoms with van der Waals surface area (Å²) in [5.74, 6) is 1.07. The zero-order valence-corrected chi connectivity index (χ0v) is 15.0. The van der Waals surface area contributed by atoms with Gasteiger partial charge in [0, 0.05) is 17.7 Å². The van der Waals surface area contributed by atoms with Crippen LogP contribution < -0.4 is 14.8 Å². The average Bonchev–Trinajstić information content (AvgIpc) is 2.61. The number of anilines is 1. The van der Waals surface area contributed by atoms with Crippen molar-refractivity contribution in [2.45, 2.75) is 20.3 Å². The van der Waals surface area contributed by atoms with Gasteiger partial charge in [0.15, 0.2) is 0 Å². The lowest BCUT2D eigenvalue weighted by Crippen LogP contribution is -2.13. The van der Waals surface area contributed by atoms with Crippen molar-refractivity contribution in [3.8, 4) is 11.5 Å². The van der Waals surface area contributed by atoms with E-state index in [4.69, 9.17) is 9.47 Å². The van der Waals surface area contributed by atoms with E-state index in [2.05, 4.69) is 19.2 Å². The predicted molar refractivity (Wildman–Crippen MR) is 99.0 cm³/mol. The van der Waals surface area contributed by atoms with E-state index < -0.39 is 10.8 Å². The minimum Gasteiger partial charge on any atom is -0.495 e. The van der Waals surface area contributed by atoms with E-state index in [-0.39, 0.29) is 11.4 Å². The van der Waals surface area contributed by atoms with Crippen LogP contribution in [-0.4, -0.2) is 24.5 Å². The fourth-order valence-electron chi connectivity index (χ4n) is 2.24. The minimum atomic E-state index is -0.529. The van der Waals surface area contributed by atoms with Gasteiger partial charge in [0.25, 0.3) is 11.6 Å². The number of hydrogen-bond acceptors (Lipinski definition) is 5. The molecule has 2 aromatic carbocycles. The van der Waals surface area contributed by atoms with Crippen LogP contribution in [0, 0.1) is 16.0 Å². The first-order chi connectivity index (χ1) is 12.4. The number of carbonyl (C=O) groups excluding carboxylic acids is 1. The molecule has 0 heterocycles. The van der Waals surface area contributed by atoms with Crippen molar-refractivity contribution in [1.82, 2.24) is 0 Å². The van der Waals surface area contributed by atoms with Crippen molar-refractivity contribution in [3.63, 3.8) is 0 Å². The molecular weight excluding hydrogens is 336 g/mol. The Morgan fingerprint density at radius 1 is 1.23 bits per heavy atom. The highest BCUT2D eigenvalue weighted by Crippen LogP contribution is 2.29. The van der Waals surface area contributed by atoms with Gasteiger partial charge in [-0.05, 0) is 36.6 Å². The molecule has 0 aliphatic rings. The highest BCUT2D eigenvalue weighted by molar-refractivity contribution is 6.05. The number of non-ortho nitro benzene ring substituents is 1. The van der Waals surface area contributed by atoms with Gasteiger partial charge in [0.2, 0.25) is 0 Å². The first kappa shape index (κ1) is 19.2. The molecule has 0 aromatic heterocycles. The first-order valence-corrected chi connectivity index (χ1v) is 8.27. The zero-order valence-electron chi connectivity index (χ0n) is 15.0. The van der Waals surface area contributed by atoms with Crippen LogP contribution in [0.1, 0.15) is 30.6 Å². The first-order valence-electron chi connectivity index (χ1n) is 8.27. The summed E-state index contributed by atoms with van der Waals surface area (Å²) in [6, 6.07) is 10.8. The minimum absolute atomic E-state index is 0.133. The molecule has 1 N–H and O–H groups in total. The van der Waals surface area contributed by atoms with Gasteiger partial charge in [0.05, 0.1) is 24.3 Å². The highest BCUT2D eigenvalue weighted by atomic mass is 16.6. The number of amides is 1. The maximum absolute atomic E-state index is 12.5. The van der Waals surface area contributed by atoms with Gasteiger partial charge in [-0.15, -0.1) is 0 Å². The number of nitrogens with one attached hydrogen (secondary N) is 1. The van der Waals surface area contributed by atoms with Gasteiger partial charge >= 0.3 is 0 Å². The molecular formula is C19H22N2O5. The molecule has 138 valence electrons. The Morgan fingerprint density at radius 2 is 2.00 bits per heavy atom. The molecule has 0 aliphatic heterocycles. The summed E-state index contributed by atoms with van der Waals surface area (Å²) in [7, 11) is 1.43. The molecule has 0 bridgehead atoms. The number of hydrogen-bond donors (Lipinski definition) is 1. The maximum Gasteiger partial charge on any atom is 0.271 e. The lowest BCUT2D eigenvalue weighted by molar-refractivity contribution is -0.384. The van der Waals surface area contributed by atoms with Crippen molar-refractivity contribution in [3.05, 3.63) is 58.1 Å². The van der Waals surface area contributed by atoms with Crippen LogP contribution in [0.4, 0.5) is 11.4 Å². The molecule has 0 aliphatic carbocycles. The fraction of sp³-hybridized carbons (Fsp3) is 0.316. The summed E-state index contributed by atoms with van der Waals surface area (Å²) < 4.78 is 10.8. The molecule has 7 heteroatoms. The monoisotopic (exact) mass is 358 g/mol. The van der Waals surface area contributed by atoms with E-state index in [9.17, 15) is 14.9 Å².